The highest BCUT2D eigenvalue weighted by Crippen LogP contribution is 2.39. The molecule has 2 N–H and O–H groups in total. The van der Waals surface area contributed by atoms with Crippen molar-refractivity contribution >= 4 is 17.0 Å². The molecule has 1 aliphatic rings. The lowest BCUT2D eigenvalue weighted by Gasteiger charge is -2.37. The first kappa shape index (κ1) is 14.5. The van der Waals surface area contributed by atoms with Crippen molar-refractivity contribution in [3.05, 3.63) is 51.0 Å². The number of rotatable bonds is 2. The molecular weight excluding hydrogens is 283 g/mol. The van der Waals surface area contributed by atoms with E-state index < -0.39 is 0 Å². The molecule has 0 spiro atoms. The van der Waals surface area contributed by atoms with Crippen LogP contribution in [0.5, 0.6) is 0 Å². The number of hydrogen-bond donors (Lipinski definition) is 1. The van der Waals surface area contributed by atoms with Gasteiger partial charge in [-0.3, -0.25) is 0 Å². The van der Waals surface area contributed by atoms with Gasteiger partial charge in [-0.1, -0.05) is 0 Å². The Kier molecular flexibility index (Phi) is 3.76. The van der Waals surface area contributed by atoms with Gasteiger partial charge >= 0.3 is 0 Å². The minimum atomic E-state index is -0.175. The fraction of sp³-hybridized carbons (Fsp3) is 0.412. The van der Waals surface area contributed by atoms with Gasteiger partial charge in [0.1, 0.15) is 5.82 Å². The summed E-state index contributed by atoms with van der Waals surface area (Å²) in [6.45, 7) is 6.90. The van der Waals surface area contributed by atoms with E-state index >= 15 is 0 Å². The zero-order valence-electron chi connectivity index (χ0n) is 12.7. The van der Waals surface area contributed by atoms with E-state index in [-0.39, 0.29) is 11.9 Å². The third-order valence-electron chi connectivity index (χ3n) is 4.39. The van der Waals surface area contributed by atoms with Crippen molar-refractivity contribution in [3.63, 3.8) is 0 Å². The van der Waals surface area contributed by atoms with Gasteiger partial charge in [-0.05, 0) is 67.5 Å². The molecule has 0 saturated heterocycles. The standard InChI is InChI=1S/C17H21FN2S/c1-10-8-16(14(11(2)19)9-15(10)18)20-6-4-17-13(12(20)3)5-7-21-17/h5,7-9,11-12H,4,6,19H2,1-3H3/t11-,12?/m1/s1. The van der Waals surface area contributed by atoms with Gasteiger partial charge in [0.05, 0.1) is 6.04 Å². The molecule has 0 saturated carbocycles. The molecule has 1 aliphatic heterocycles. The molecule has 0 radical (unpaired) electrons. The number of halogens is 1. The van der Waals surface area contributed by atoms with E-state index in [1.54, 1.807) is 6.07 Å². The summed E-state index contributed by atoms with van der Waals surface area (Å²) in [4.78, 5) is 3.83. The maximum absolute atomic E-state index is 13.9. The monoisotopic (exact) mass is 304 g/mol. The minimum absolute atomic E-state index is 0.174. The number of benzene rings is 1. The van der Waals surface area contributed by atoms with Gasteiger partial charge in [0.25, 0.3) is 0 Å². The van der Waals surface area contributed by atoms with Crippen LogP contribution in [0, 0.1) is 12.7 Å². The van der Waals surface area contributed by atoms with Crippen molar-refractivity contribution < 1.29 is 4.39 Å². The Hall–Kier alpha value is -1.39. The molecule has 1 unspecified atom stereocenters. The Labute approximate surface area is 129 Å². The largest absolute Gasteiger partial charge is 0.364 e. The Morgan fingerprint density at radius 1 is 1.43 bits per heavy atom. The molecule has 0 fully saturated rings. The lowest BCUT2D eigenvalue weighted by molar-refractivity contribution is 0.602. The lowest BCUT2D eigenvalue weighted by atomic mass is 9.96. The summed E-state index contributed by atoms with van der Waals surface area (Å²) in [6.07, 6.45) is 1.05. The van der Waals surface area contributed by atoms with Gasteiger partial charge in [-0.25, -0.2) is 4.39 Å². The van der Waals surface area contributed by atoms with Crippen LogP contribution >= 0.6 is 11.3 Å². The number of nitrogens with two attached hydrogens (primary N) is 1. The van der Waals surface area contributed by atoms with Crippen LogP contribution in [-0.4, -0.2) is 6.54 Å². The van der Waals surface area contributed by atoms with Gasteiger partial charge in [0.15, 0.2) is 0 Å². The summed E-state index contributed by atoms with van der Waals surface area (Å²) in [6, 6.07) is 5.89. The first-order valence-electron chi connectivity index (χ1n) is 7.37. The molecule has 2 aromatic rings. The molecule has 0 aliphatic carbocycles. The predicted molar refractivity (Wildman–Crippen MR) is 87.5 cm³/mol. The summed E-state index contributed by atoms with van der Waals surface area (Å²) in [5, 5.41) is 2.16. The highest BCUT2D eigenvalue weighted by atomic mass is 32.1. The van der Waals surface area contributed by atoms with Crippen molar-refractivity contribution in [2.24, 2.45) is 5.73 Å². The quantitative estimate of drug-likeness (QED) is 0.894. The first-order chi connectivity index (χ1) is 9.99. The molecule has 0 amide bonds. The van der Waals surface area contributed by atoms with Gasteiger partial charge in [0, 0.05) is 23.2 Å². The van der Waals surface area contributed by atoms with E-state index in [0.29, 0.717) is 11.6 Å². The molecule has 1 aromatic carbocycles. The number of hydrogen-bond acceptors (Lipinski definition) is 3. The number of fused-ring (bicyclic) bond motifs is 1. The van der Waals surface area contributed by atoms with E-state index in [2.05, 4.69) is 23.3 Å². The fourth-order valence-corrected chi connectivity index (χ4v) is 4.10. The van der Waals surface area contributed by atoms with Crippen LogP contribution in [0.1, 0.15) is 47.5 Å². The number of thiophene rings is 1. The summed E-state index contributed by atoms with van der Waals surface area (Å²) in [5.74, 6) is -0.174. The molecule has 4 heteroatoms. The summed E-state index contributed by atoms with van der Waals surface area (Å²) in [7, 11) is 0. The van der Waals surface area contributed by atoms with Gasteiger partial charge in [-0.2, -0.15) is 0 Å². The first-order valence-corrected chi connectivity index (χ1v) is 8.25. The molecule has 2 nitrogen and oxygen atoms in total. The molecular formula is C17H21FN2S. The second-order valence-electron chi connectivity index (χ2n) is 5.87. The van der Waals surface area contributed by atoms with Crippen LogP contribution < -0.4 is 10.6 Å². The van der Waals surface area contributed by atoms with Crippen molar-refractivity contribution in [1.29, 1.82) is 0 Å². The smallest absolute Gasteiger partial charge is 0.126 e. The molecule has 1 aromatic heterocycles. The lowest BCUT2D eigenvalue weighted by Crippen LogP contribution is -2.34. The van der Waals surface area contributed by atoms with Crippen LogP contribution in [0.3, 0.4) is 0 Å². The average molecular weight is 304 g/mol. The van der Waals surface area contributed by atoms with Crippen LogP contribution in [-0.2, 0) is 6.42 Å². The maximum Gasteiger partial charge on any atom is 0.126 e. The average Bonchev–Trinajstić information content (AvgIpc) is 2.91. The Morgan fingerprint density at radius 3 is 2.90 bits per heavy atom. The third kappa shape index (κ3) is 2.47. The van der Waals surface area contributed by atoms with Crippen LogP contribution in [0.2, 0.25) is 0 Å². The van der Waals surface area contributed by atoms with Gasteiger partial charge in [-0.15, -0.1) is 11.3 Å². The molecule has 2 heterocycles. The predicted octanol–water partition coefficient (Wildman–Crippen LogP) is 4.34. The van der Waals surface area contributed by atoms with Crippen LogP contribution in [0.25, 0.3) is 0 Å². The number of anilines is 1. The Morgan fingerprint density at radius 2 is 2.19 bits per heavy atom. The highest BCUT2D eigenvalue weighted by Gasteiger charge is 2.27. The fourth-order valence-electron chi connectivity index (χ4n) is 3.13. The highest BCUT2D eigenvalue weighted by molar-refractivity contribution is 7.10. The molecule has 2 atom stereocenters. The van der Waals surface area contributed by atoms with E-state index in [9.17, 15) is 4.39 Å². The molecule has 21 heavy (non-hydrogen) atoms. The van der Waals surface area contributed by atoms with Crippen molar-refractivity contribution in [2.75, 3.05) is 11.4 Å². The van der Waals surface area contributed by atoms with E-state index in [0.717, 1.165) is 24.2 Å². The number of nitrogens with zero attached hydrogens (tertiary/aromatic N) is 1. The van der Waals surface area contributed by atoms with Crippen molar-refractivity contribution in [1.82, 2.24) is 0 Å². The zero-order chi connectivity index (χ0) is 15.1. The Balaban J connectivity index is 2.07. The maximum atomic E-state index is 13.9. The van der Waals surface area contributed by atoms with Crippen molar-refractivity contribution in [3.8, 4) is 0 Å². The molecule has 112 valence electrons. The zero-order valence-corrected chi connectivity index (χ0v) is 13.5. The summed E-state index contributed by atoms with van der Waals surface area (Å²) in [5.41, 5.74) is 10.1. The van der Waals surface area contributed by atoms with Crippen molar-refractivity contribution in [2.45, 2.75) is 39.3 Å². The van der Waals surface area contributed by atoms with E-state index in [4.69, 9.17) is 5.73 Å². The van der Waals surface area contributed by atoms with Crippen LogP contribution in [0.15, 0.2) is 23.6 Å². The van der Waals surface area contributed by atoms with Gasteiger partial charge in [0.2, 0.25) is 0 Å². The van der Waals surface area contributed by atoms with E-state index in [1.165, 1.54) is 10.4 Å². The summed E-state index contributed by atoms with van der Waals surface area (Å²) < 4.78 is 13.9. The van der Waals surface area contributed by atoms with Crippen LogP contribution in [0.4, 0.5) is 10.1 Å². The van der Waals surface area contributed by atoms with Gasteiger partial charge < -0.3 is 10.6 Å². The second kappa shape index (κ2) is 5.43. The topological polar surface area (TPSA) is 29.3 Å². The minimum Gasteiger partial charge on any atom is -0.364 e. The SMILES string of the molecule is Cc1cc(N2CCc3sccc3C2C)c([C@@H](C)N)cc1F. The Bertz CT molecular complexity index is 663. The molecule has 3 rings (SSSR count). The summed E-state index contributed by atoms with van der Waals surface area (Å²) >= 11 is 1.83. The number of aryl methyl sites for hydroxylation is 1. The third-order valence-corrected chi connectivity index (χ3v) is 5.38. The molecule has 0 bridgehead atoms. The normalized spacial score (nSPS) is 19.5. The van der Waals surface area contributed by atoms with E-state index in [1.807, 2.05) is 31.3 Å². The second-order valence-corrected chi connectivity index (χ2v) is 6.87.